The summed E-state index contributed by atoms with van der Waals surface area (Å²) < 4.78 is 0. The SMILES string of the molecule is CCc1cc(CC(NC(=O)ON2CCC(N3CCc4ccccc4NC3=O)CC2)C(=O)N2CCN(C3CCN(C)CC3)CC2)cc2cn[nH]c12. The molecule has 5 heterocycles. The van der Waals surface area contributed by atoms with Crippen LogP contribution < -0.4 is 10.6 Å². The van der Waals surface area contributed by atoms with Crippen LogP contribution in [0.4, 0.5) is 15.3 Å². The van der Waals surface area contributed by atoms with Gasteiger partial charge in [0.2, 0.25) is 5.91 Å². The van der Waals surface area contributed by atoms with Gasteiger partial charge in [-0.05, 0) is 87.5 Å². The maximum absolute atomic E-state index is 14.1. The highest BCUT2D eigenvalue weighted by molar-refractivity contribution is 5.91. The van der Waals surface area contributed by atoms with Gasteiger partial charge in [0, 0.05) is 75.4 Å². The number of carbonyl (C=O) groups excluding carboxylic acids is 3. The second kappa shape index (κ2) is 15.4. The van der Waals surface area contributed by atoms with Crippen LogP contribution in [0.2, 0.25) is 0 Å². The number of H-pyrrole nitrogens is 1. The highest BCUT2D eigenvalue weighted by Gasteiger charge is 2.34. The summed E-state index contributed by atoms with van der Waals surface area (Å²) in [6.07, 6.45) is 6.83. The smallest absolute Gasteiger partial charge is 0.351 e. The van der Waals surface area contributed by atoms with Crippen molar-refractivity contribution in [1.29, 1.82) is 0 Å². The first-order chi connectivity index (χ1) is 24.3. The average Bonchev–Trinajstić information content (AvgIpc) is 3.54. The quantitative estimate of drug-likeness (QED) is 0.329. The number of carbonyl (C=O) groups is 3. The predicted octanol–water partition coefficient (Wildman–Crippen LogP) is 3.47. The van der Waals surface area contributed by atoms with Crippen LogP contribution in [-0.4, -0.2) is 137 Å². The molecule has 50 heavy (non-hydrogen) atoms. The number of para-hydroxylation sites is 1. The lowest BCUT2D eigenvalue weighted by Crippen LogP contribution is -2.58. The molecule has 4 aliphatic heterocycles. The molecular weight excluding hydrogens is 634 g/mol. The van der Waals surface area contributed by atoms with Gasteiger partial charge in [-0.15, -0.1) is 5.06 Å². The third-order valence-corrected chi connectivity index (χ3v) is 11.1. The van der Waals surface area contributed by atoms with E-state index in [9.17, 15) is 14.4 Å². The molecular formula is C37H51N9O4. The summed E-state index contributed by atoms with van der Waals surface area (Å²) in [5, 5.41) is 16.0. The first-order valence-electron chi connectivity index (χ1n) is 18.4. The first kappa shape index (κ1) is 34.3. The van der Waals surface area contributed by atoms with Gasteiger partial charge in [-0.25, -0.2) is 9.59 Å². The molecule has 0 spiro atoms. The summed E-state index contributed by atoms with van der Waals surface area (Å²) in [7, 11) is 2.18. The van der Waals surface area contributed by atoms with Crippen molar-refractivity contribution >= 4 is 34.6 Å². The summed E-state index contributed by atoms with van der Waals surface area (Å²) in [6.45, 7) is 8.94. The largest absolute Gasteiger partial charge is 0.426 e. The highest BCUT2D eigenvalue weighted by atomic mass is 16.7. The van der Waals surface area contributed by atoms with Gasteiger partial charge >= 0.3 is 12.1 Å². The number of likely N-dealkylation sites (tertiary alicyclic amines) is 1. The van der Waals surface area contributed by atoms with Gasteiger partial charge in [0.25, 0.3) is 0 Å². The number of aryl methyl sites for hydroxylation is 1. The number of nitrogens with zero attached hydrogens (tertiary/aromatic N) is 6. The van der Waals surface area contributed by atoms with Crippen LogP contribution in [-0.2, 0) is 28.9 Å². The monoisotopic (exact) mass is 685 g/mol. The summed E-state index contributed by atoms with van der Waals surface area (Å²) >= 11 is 0. The second-order valence-electron chi connectivity index (χ2n) is 14.3. The molecule has 3 aromatic rings. The van der Waals surface area contributed by atoms with E-state index in [2.05, 4.69) is 56.7 Å². The van der Waals surface area contributed by atoms with Crippen molar-refractivity contribution in [1.82, 2.24) is 40.2 Å². The Hall–Kier alpha value is -4.20. The van der Waals surface area contributed by atoms with E-state index >= 15 is 0 Å². The number of hydrogen-bond acceptors (Lipinski definition) is 8. The Labute approximate surface area is 294 Å². The van der Waals surface area contributed by atoms with Crippen LogP contribution in [0.15, 0.2) is 42.6 Å². The van der Waals surface area contributed by atoms with Gasteiger partial charge in [-0.3, -0.25) is 14.8 Å². The number of nitrogens with one attached hydrogen (secondary N) is 3. The zero-order valence-corrected chi connectivity index (χ0v) is 29.4. The summed E-state index contributed by atoms with van der Waals surface area (Å²) in [4.78, 5) is 55.2. The van der Waals surface area contributed by atoms with Crippen LogP contribution in [0.3, 0.4) is 0 Å². The van der Waals surface area contributed by atoms with E-state index in [0.29, 0.717) is 58.0 Å². The molecule has 0 radical (unpaired) electrons. The highest BCUT2D eigenvalue weighted by Crippen LogP contribution is 2.26. The minimum Gasteiger partial charge on any atom is -0.351 e. The number of amides is 4. The summed E-state index contributed by atoms with van der Waals surface area (Å²) in [5.74, 6) is -0.0813. The van der Waals surface area contributed by atoms with Gasteiger partial charge in [0.15, 0.2) is 0 Å². The molecule has 2 aromatic carbocycles. The van der Waals surface area contributed by atoms with Gasteiger partial charge < -0.3 is 30.2 Å². The number of anilines is 1. The van der Waals surface area contributed by atoms with Crippen molar-refractivity contribution in [3.8, 4) is 0 Å². The number of hydroxylamine groups is 2. The van der Waals surface area contributed by atoms with Crippen LogP contribution in [0.25, 0.3) is 10.9 Å². The number of rotatable bonds is 8. The molecule has 1 atom stereocenters. The average molecular weight is 686 g/mol. The van der Waals surface area contributed by atoms with Crippen molar-refractivity contribution < 1.29 is 19.2 Å². The lowest BCUT2D eigenvalue weighted by atomic mass is 9.98. The molecule has 0 aliphatic carbocycles. The number of piperidine rings is 2. The first-order valence-corrected chi connectivity index (χ1v) is 18.4. The minimum absolute atomic E-state index is 0.0559. The number of fused-ring (bicyclic) bond motifs is 2. The maximum Gasteiger partial charge on any atom is 0.426 e. The standard InChI is InChI=1S/C37H51N9O4/c1-3-27-22-26(23-29-25-38-41-34(27)29)24-33(35(47)44-20-18-43(19-21-44)30-9-13-42(2)14-10-30)40-37(49)50-45-15-11-31(12-16-45)46-17-8-28-6-4-5-7-32(28)39-36(46)48/h4-7,22-23,25,30-31,33H,3,8-21,24H2,1-2H3,(H,38,41)(H,39,48)(H,40,49). The van der Waals surface area contributed by atoms with Gasteiger partial charge in [0.1, 0.15) is 6.04 Å². The zero-order chi connectivity index (χ0) is 34.6. The van der Waals surface area contributed by atoms with Crippen molar-refractivity contribution in [3.05, 3.63) is 59.3 Å². The topological polar surface area (TPSA) is 129 Å². The van der Waals surface area contributed by atoms with E-state index in [1.807, 2.05) is 34.1 Å². The molecule has 3 saturated heterocycles. The van der Waals surface area contributed by atoms with E-state index in [1.54, 1.807) is 11.3 Å². The Morgan fingerprint density at radius 2 is 1.70 bits per heavy atom. The van der Waals surface area contributed by atoms with Gasteiger partial charge in [0.05, 0.1) is 11.7 Å². The normalized spacial score (nSPS) is 21.0. The second-order valence-corrected chi connectivity index (χ2v) is 14.3. The van der Waals surface area contributed by atoms with Crippen molar-refractivity contribution in [3.63, 3.8) is 0 Å². The van der Waals surface area contributed by atoms with Gasteiger partial charge in [-0.1, -0.05) is 31.2 Å². The Morgan fingerprint density at radius 3 is 2.46 bits per heavy atom. The predicted molar refractivity (Wildman–Crippen MR) is 192 cm³/mol. The molecule has 3 N–H and O–H groups in total. The van der Waals surface area contributed by atoms with E-state index in [-0.39, 0.29) is 18.0 Å². The Balaban J connectivity index is 0.975. The molecule has 13 nitrogen and oxygen atoms in total. The summed E-state index contributed by atoms with van der Waals surface area (Å²) in [5.41, 5.74) is 5.11. The zero-order valence-electron chi connectivity index (χ0n) is 29.4. The fraction of sp³-hybridized carbons (Fsp3) is 0.568. The lowest BCUT2D eigenvalue weighted by Gasteiger charge is -2.42. The van der Waals surface area contributed by atoms with Crippen LogP contribution in [0.1, 0.15) is 49.3 Å². The molecule has 4 amide bonds. The number of aromatic amines is 1. The molecule has 13 heteroatoms. The molecule has 268 valence electrons. The Kier molecular flexibility index (Phi) is 10.5. The van der Waals surface area contributed by atoms with Crippen LogP contribution in [0.5, 0.6) is 0 Å². The number of hydrogen-bond donors (Lipinski definition) is 3. The third kappa shape index (κ3) is 7.74. The number of aromatic nitrogens is 2. The summed E-state index contributed by atoms with van der Waals surface area (Å²) in [6, 6.07) is 11.9. The van der Waals surface area contributed by atoms with E-state index in [1.165, 1.54) is 0 Å². The van der Waals surface area contributed by atoms with Crippen LogP contribution >= 0.6 is 0 Å². The number of piperazine rings is 1. The number of urea groups is 1. The lowest BCUT2D eigenvalue weighted by molar-refractivity contribution is -0.138. The fourth-order valence-corrected chi connectivity index (χ4v) is 8.19. The van der Waals surface area contributed by atoms with Gasteiger partial charge in [-0.2, -0.15) is 5.10 Å². The maximum atomic E-state index is 14.1. The van der Waals surface area contributed by atoms with Crippen molar-refractivity contribution in [2.24, 2.45) is 0 Å². The number of benzene rings is 2. The minimum atomic E-state index is -0.772. The van der Waals surface area contributed by atoms with E-state index in [4.69, 9.17) is 4.84 Å². The molecule has 1 unspecified atom stereocenters. The molecule has 0 saturated carbocycles. The van der Waals surface area contributed by atoms with Crippen molar-refractivity contribution in [2.45, 2.75) is 70.0 Å². The Morgan fingerprint density at radius 1 is 0.960 bits per heavy atom. The molecule has 1 aromatic heterocycles. The van der Waals surface area contributed by atoms with Crippen molar-refractivity contribution in [2.75, 3.05) is 71.3 Å². The third-order valence-electron chi connectivity index (χ3n) is 11.1. The molecule has 7 rings (SSSR count). The van der Waals surface area contributed by atoms with E-state index in [0.717, 1.165) is 85.1 Å². The van der Waals surface area contributed by atoms with E-state index < -0.39 is 12.1 Å². The molecule has 0 bridgehead atoms. The molecule has 4 aliphatic rings. The Bertz CT molecular complexity index is 1660. The molecule has 3 fully saturated rings. The van der Waals surface area contributed by atoms with Crippen LogP contribution in [0, 0.1) is 0 Å². The fourth-order valence-electron chi connectivity index (χ4n) is 8.19.